The van der Waals surface area contributed by atoms with Gasteiger partial charge in [-0.1, -0.05) is 24.9 Å². The van der Waals surface area contributed by atoms with E-state index < -0.39 is 42.5 Å². The second kappa shape index (κ2) is 7.37. The van der Waals surface area contributed by atoms with Crippen molar-refractivity contribution in [1.82, 2.24) is 15.4 Å². The van der Waals surface area contributed by atoms with Crippen LogP contribution in [0.1, 0.15) is 38.4 Å². The molecule has 10 heteroatoms. The molecule has 4 amide bonds. The molecule has 10 nitrogen and oxygen atoms in total. The van der Waals surface area contributed by atoms with Crippen LogP contribution in [0, 0.1) is 12.8 Å². The molecule has 1 aromatic heterocycles. The molecule has 0 radical (unpaired) electrons. The zero-order valence-corrected chi connectivity index (χ0v) is 15.2. The lowest BCUT2D eigenvalue weighted by atomic mass is 9.73. The van der Waals surface area contributed by atoms with Crippen molar-refractivity contribution in [3.05, 3.63) is 11.8 Å². The van der Waals surface area contributed by atoms with Gasteiger partial charge in [0, 0.05) is 6.07 Å². The summed E-state index contributed by atoms with van der Waals surface area (Å²) in [6.07, 6.45) is 3.25. The number of hydrogen-bond acceptors (Lipinski definition) is 7. The van der Waals surface area contributed by atoms with E-state index in [-0.39, 0.29) is 11.7 Å². The molecule has 0 unspecified atom stereocenters. The van der Waals surface area contributed by atoms with Gasteiger partial charge < -0.3 is 19.9 Å². The van der Waals surface area contributed by atoms with Gasteiger partial charge in [-0.25, -0.2) is 4.79 Å². The summed E-state index contributed by atoms with van der Waals surface area (Å²) in [4.78, 5) is 49.6. The van der Waals surface area contributed by atoms with E-state index in [2.05, 4.69) is 15.8 Å². The van der Waals surface area contributed by atoms with E-state index in [1.165, 1.54) is 6.07 Å². The van der Waals surface area contributed by atoms with Crippen molar-refractivity contribution < 1.29 is 28.4 Å². The van der Waals surface area contributed by atoms with E-state index in [4.69, 9.17) is 9.26 Å². The molecule has 1 saturated carbocycles. The van der Waals surface area contributed by atoms with E-state index in [1.54, 1.807) is 6.92 Å². The van der Waals surface area contributed by atoms with Crippen LogP contribution in [-0.2, 0) is 19.1 Å². The predicted molar refractivity (Wildman–Crippen MR) is 91.4 cm³/mol. The summed E-state index contributed by atoms with van der Waals surface area (Å²) in [7, 11) is 0. The monoisotopic (exact) mass is 378 g/mol. The number of rotatable bonds is 5. The van der Waals surface area contributed by atoms with Crippen molar-refractivity contribution in [3.63, 3.8) is 0 Å². The Morgan fingerprint density at radius 3 is 2.89 bits per heavy atom. The van der Waals surface area contributed by atoms with Gasteiger partial charge in [-0.15, -0.1) is 0 Å². The topological polar surface area (TPSA) is 131 Å². The van der Waals surface area contributed by atoms with Crippen LogP contribution in [0.5, 0.6) is 0 Å². The van der Waals surface area contributed by atoms with Gasteiger partial charge in [0.2, 0.25) is 0 Å². The highest BCUT2D eigenvalue weighted by molar-refractivity contribution is 6.09. The first-order valence-corrected chi connectivity index (χ1v) is 8.85. The smallest absolute Gasteiger partial charge is 0.326 e. The van der Waals surface area contributed by atoms with E-state index in [9.17, 15) is 19.2 Å². The molecule has 3 rings (SSSR count). The van der Waals surface area contributed by atoms with Crippen molar-refractivity contribution in [3.8, 4) is 0 Å². The highest BCUT2D eigenvalue weighted by atomic mass is 16.5. The van der Waals surface area contributed by atoms with Crippen LogP contribution in [0.25, 0.3) is 0 Å². The SMILES string of the molecule is Cc1cc(NC(=O)COC(=O)CN2C(=O)N[C@@]3(CCCC[C@@H]3C)C2=O)no1. The Labute approximate surface area is 155 Å². The summed E-state index contributed by atoms with van der Waals surface area (Å²) in [5.41, 5.74) is -0.933. The highest BCUT2D eigenvalue weighted by Crippen LogP contribution is 2.38. The normalized spacial score (nSPS) is 24.8. The van der Waals surface area contributed by atoms with Gasteiger partial charge in [-0.2, -0.15) is 0 Å². The average Bonchev–Trinajstić information content (AvgIpc) is 3.12. The van der Waals surface area contributed by atoms with Crippen LogP contribution >= 0.6 is 0 Å². The van der Waals surface area contributed by atoms with Crippen LogP contribution in [0.3, 0.4) is 0 Å². The van der Waals surface area contributed by atoms with Crippen LogP contribution in [0.4, 0.5) is 10.6 Å². The summed E-state index contributed by atoms with van der Waals surface area (Å²) in [6.45, 7) is 2.50. The fourth-order valence-electron chi connectivity index (χ4n) is 3.56. The minimum absolute atomic E-state index is 0.000384. The molecule has 0 bridgehead atoms. The number of aryl methyl sites for hydroxylation is 1. The number of esters is 1. The minimum Gasteiger partial charge on any atom is -0.454 e. The lowest BCUT2D eigenvalue weighted by molar-refractivity contribution is -0.150. The van der Waals surface area contributed by atoms with E-state index >= 15 is 0 Å². The van der Waals surface area contributed by atoms with Crippen molar-refractivity contribution in [2.45, 2.75) is 45.1 Å². The molecule has 0 aromatic carbocycles. The molecule has 1 spiro atoms. The Balaban J connectivity index is 1.52. The van der Waals surface area contributed by atoms with Crippen LogP contribution < -0.4 is 10.6 Å². The summed E-state index contributed by atoms with van der Waals surface area (Å²) >= 11 is 0. The zero-order chi connectivity index (χ0) is 19.6. The quantitative estimate of drug-likeness (QED) is 0.576. The van der Waals surface area contributed by atoms with Crippen molar-refractivity contribution >= 4 is 29.6 Å². The molecular formula is C17H22N4O6. The second-order valence-corrected chi connectivity index (χ2v) is 6.97. The molecular weight excluding hydrogens is 356 g/mol. The van der Waals surface area contributed by atoms with Gasteiger partial charge in [0.15, 0.2) is 12.4 Å². The van der Waals surface area contributed by atoms with Crippen molar-refractivity contribution in [2.75, 3.05) is 18.5 Å². The maximum atomic E-state index is 12.8. The number of hydrogen-bond donors (Lipinski definition) is 2. The Morgan fingerprint density at radius 2 is 2.22 bits per heavy atom. The van der Waals surface area contributed by atoms with Crippen LogP contribution in [-0.4, -0.2) is 52.6 Å². The van der Waals surface area contributed by atoms with E-state index in [0.717, 1.165) is 24.2 Å². The highest BCUT2D eigenvalue weighted by Gasteiger charge is 2.55. The average molecular weight is 378 g/mol. The van der Waals surface area contributed by atoms with Gasteiger partial charge in [-0.3, -0.25) is 19.3 Å². The second-order valence-electron chi connectivity index (χ2n) is 6.97. The largest absolute Gasteiger partial charge is 0.454 e. The molecule has 1 aliphatic carbocycles. The first-order chi connectivity index (χ1) is 12.8. The number of nitrogens with zero attached hydrogens (tertiary/aromatic N) is 2. The Bertz CT molecular complexity index is 775. The lowest BCUT2D eigenvalue weighted by Gasteiger charge is -2.36. The molecule has 2 N–H and O–H groups in total. The minimum atomic E-state index is -0.933. The van der Waals surface area contributed by atoms with Gasteiger partial charge in [0.05, 0.1) is 0 Å². The number of urea groups is 1. The summed E-state index contributed by atoms with van der Waals surface area (Å²) in [5, 5.41) is 8.74. The molecule has 27 heavy (non-hydrogen) atoms. The number of carbonyl (C=O) groups is 4. The molecule has 2 aliphatic rings. The van der Waals surface area contributed by atoms with E-state index in [0.29, 0.717) is 12.2 Å². The fourth-order valence-corrected chi connectivity index (χ4v) is 3.56. The van der Waals surface area contributed by atoms with Gasteiger partial charge >= 0.3 is 12.0 Å². The predicted octanol–water partition coefficient (Wildman–Crippen LogP) is 0.965. The maximum Gasteiger partial charge on any atom is 0.326 e. The van der Waals surface area contributed by atoms with Crippen LogP contribution in [0.2, 0.25) is 0 Å². The number of carbonyl (C=O) groups excluding carboxylic acids is 4. The molecule has 1 saturated heterocycles. The molecule has 2 atom stereocenters. The number of amides is 4. The number of imide groups is 1. The number of nitrogens with one attached hydrogen (secondary N) is 2. The molecule has 1 aromatic rings. The Hall–Kier alpha value is -2.91. The fraction of sp³-hybridized carbons (Fsp3) is 0.588. The van der Waals surface area contributed by atoms with Gasteiger partial charge in [0.1, 0.15) is 17.8 Å². The van der Waals surface area contributed by atoms with Gasteiger partial charge in [0.25, 0.3) is 11.8 Å². The van der Waals surface area contributed by atoms with Crippen molar-refractivity contribution in [2.24, 2.45) is 5.92 Å². The lowest BCUT2D eigenvalue weighted by Crippen LogP contribution is -2.54. The Morgan fingerprint density at radius 1 is 1.44 bits per heavy atom. The van der Waals surface area contributed by atoms with Crippen LogP contribution in [0.15, 0.2) is 10.6 Å². The van der Waals surface area contributed by atoms with E-state index in [1.807, 2.05) is 6.92 Å². The first kappa shape index (κ1) is 18.9. The third-order valence-corrected chi connectivity index (χ3v) is 5.05. The Kier molecular flexibility index (Phi) is 5.15. The molecule has 1 aliphatic heterocycles. The molecule has 146 valence electrons. The third-order valence-electron chi connectivity index (χ3n) is 5.05. The zero-order valence-electron chi connectivity index (χ0n) is 15.2. The molecule has 2 fully saturated rings. The van der Waals surface area contributed by atoms with Gasteiger partial charge in [-0.05, 0) is 25.7 Å². The first-order valence-electron chi connectivity index (χ1n) is 8.85. The number of aromatic nitrogens is 1. The summed E-state index contributed by atoms with van der Waals surface area (Å²) < 4.78 is 9.67. The number of anilines is 1. The standard InChI is InChI=1S/C17H22N4O6/c1-10-5-3-4-6-17(10)15(24)21(16(25)19-17)8-14(23)26-9-13(22)18-12-7-11(2)27-20-12/h7,10H,3-6,8-9H2,1-2H3,(H,19,25)(H,18,20,22)/t10-,17+/m0/s1. The third kappa shape index (κ3) is 3.79. The summed E-state index contributed by atoms with van der Waals surface area (Å²) in [5.74, 6) is -1.13. The number of ether oxygens (including phenoxy) is 1. The maximum absolute atomic E-state index is 12.8. The van der Waals surface area contributed by atoms with Crippen molar-refractivity contribution in [1.29, 1.82) is 0 Å². The molecule has 2 heterocycles. The summed E-state index contributed by atoms with van der Waals surface area (Å²) in [6, 6.07) is 0.908.